The lowest BCUT2D eigenvalue weighted by Gasteiger charge is -2.26. The van der Waals surface area contributed by atoms with E-state index in [0.717, 1.165) is 25.0 Å². The molecule has 1 aromatic rings. The van der Waals surface area contributed by atoms with Gasteiger partial charge in [0.2, 0.25) is 0 Å². The number of carbonyl (C=O) groups is 1. The van der Waals surface area contributed by atoms with Gasteiger partial charge >= 0.3 is 0 Å². The van der Waals surface area contributed by atoms with Crippen LogP contribution in [0.15, 0.2) is 24.3 Å². The first-order valence-electron chi connectivity index (χ1n) is 7.08. The minimum atomic E-state index is 0.157. The largest absolute Gasteiger partial charge is 0.378 e. The predicted molar refractivity (Wildman–Crippen MR) is 71.0 cm³/mol. The molecule has 1 aromatic carbocycles. The van der Waals surface area contributed by atoms with Crippen molar-refractivity contribution in [2.75, 3.05) is 6.61 Å². The second-order valence-electron chi connectivity index (χ2n) is 5.52. The van der Waals surface area contributed by atoms with Crippen LogP contribution in [0.5, 0.6) is 0 Å². The summed E-state index contributed by atoms with van der Waals surface area (Å²) in [7, 11) is 0. The van der Waals surface area contributed by atoms with Crippen LogP contribution in [-0.2, 0) is 4.74 Å². The van der Waals surface area contributed by atoms with E-state index in [9.17, 15) is 4.79 Å². The third kappa shape index (κ3) is 2.49. The quantitative estimate of drug-likeness (QED) is 0.755. The molecule has 3 rings (SSSR count). The maximum absolute atomic E-state index is 12.2. The first-order chi connectivity index (χ1) is 8.83. The van der Waals surface area contributed by atoms with E-state index >= 15 is 0 Å². The molecule has 2 nitrogen and oxygen atoms in total. The number of hydrogen-bond donors (Lipinski definition) is 0. The Morgan fingerprint density at radius 1 is 1.22 bits per heavy atom. The van der Waals surface area contributed by atoms with Crippen molar-refractivity contribution in [3.63, 3.8) is 0 Å². The van der Waals surface area contributed by atoms with E-state index in [1.165, 1.54) is 24.8 Å². The molecule has 0 radical (unpaired) electrons. The molecule has 2 aliphatic rings. The Kier molecular flexibility index (Phi) is 3.46. The molecule has 2 heteroatoms. The second kappa shape index (κ2) is 5.23. The summed E-state index contributed by atoms with van der Waals surface area (Å²) in [6.07, 6.45) is 6.73. The Morgan fingerprint density at radius 2 is 2.11 bits per heavy atom. The van der Waals surface area contributed by atoms with Gasteiger partial charge in [-0.1, -0.05) is 24.6 Å². The van der Waals surface area contributed by atoms with Crippen molar-refractivity contribution in [1.29, 1.82) is 0 Å². The molecule has 0 spiro atoms. The normalized spacial score (nSPS) is 23.9. The van der Waals surface area contributed by atoms with E-state index in [1.54, 1.807) is 0 Å². The van der Waals surface area contributed by atoms with Crippen LogP contribution in [0.3, 0.4) is 0 Å². The number of Topliss-reactive ketones (excluding diaryl/α,β-unsaturated/α-hetero) is 1. The molecule has 2 fully saturated rings. The van der Waals surface area contributed by atoms with E-state index in [2.05, 4.69) is 12.1 Å². The Labute approximate surface area is 108 Å². The first-order valence-corrected chi connectivity index (χ1v) is 7.08. The summed E-state index contributed by atoms with van der Waals surface area (Å²) in [6, 6.07) is 8.23. The summed E-state index contributed by atoms with van der Waals surface area (Å²) in [6.45, 7) is 0.820. The molecule has 1 aliphatic heterocycles. The molecule has 1 aliphatic carbocycles. The average molecular weight is 244 g/mol. The molecule has 1 saturated carbocycles. The molecule has 1 unspecified atom stereocenters. The van der Waals surface area contributed by atoms with E-state index in [0.29, 0.717) is 12.3 Å². The van der Waals surface area contributed by atoms with Gasteiger partial charge < -0.3 is 4.74 Å². The SMILES string of the molecule is O=C(CC1CCCO1)c1cccc(C2CCC2)c1. The van der Waals surface area contributed by atoms with Crippen molar-refractivity contribution >= 4 is 5.78 Å². The summed E-state index contributed by atoms with van der Waals surface area (Å²) in [5, 5.41) is 0. The van der Waals surface area contributed by atoms with Gasteiger partial charge in [0.15, 0.2) is 5.78 Å². The van der Waals surface area contributed by atoms with Crippen molar-refractivity contribution in [1.82, 2.24) is 0 Å². The summed E-state index contributed by atoms with van der Waals surface area (Å²) in [4.78, 5) is 12.2. The van der Waals surface area contributed by atoms with Gasteiger partial charge in [-0.25, -0.2) is 0 Å². The van der Waals surface area contributed by atoms with Gasteiger partial charge in [0.1, 0.15) is 0 Å². The van der Waals surface area contributed by atoms with E-state index in [-0.39, 0.29) is 11.9 Å². The Balaban J connectivity index is 1.68. The van der Waals surface area contributed by atoms with Crippen LogP contribution in [-0.4, -0.2) is 18.5 Å². The van der Waals surface area contributed by atoms with Gasteiger partial charge in [0.25, 0.3) is 0 Å². The maximum atomic E-state index is 12.2. The van der Waals surface area contributed by atoms with Crippen molar-refractivity contribution in [2.24, 2.45) is 0 Å². The second-order valence-corrected chi connectivity index (χ2v) is 5.52. The van der Waals surface area contributed by atoms with Gasteiger partial charge in [-0.05, 0) is 43.2 Å². The summed E-state index contributed by atoms with van der Waals surface area (Å²) < 4.78 is 5.53. The smallest absolute Gasteiger partial charge is 0.165 e. The van der Waals surface area contributed by atoms with Crippen molar-refractivity contribution in [2.45, 2.75) is 50.5 Å². The van der Waals surface area contributed by atoms with Gasteiger partial charge in [0, 0.05) is 18.6 Å². The highest BCUT2D eigenvalue weighted by Gasteiger charge is 2.22. The molecule has 96 valence electrons. The van der Waals surface area contributed by atoms with Crippen LogP contribution in [0, 0.1) is 0 Å². The Bertz CT molecular complexity index is 428. The summed E-state index contributed by atoms with van der Waals surface area (Å²) >= 11 is 0. The highest BCUT2D eigenvalue weighted by molar-refractivity contribution is 5.96. The maximum Gasteiger partial charge on any atom is 0.165 e. The number of hydrogen-bond acceptors (Lipinski definition) is 2. The Hall–Kier alpha value is -1.15. The lowest BCUT2D eigenvalue weighted by molar-refractivity contribution is 0.0775. The minimum absolute atomic E-state index is 0.157. The number of benzene rings is 1. The van der Waals surface area contributed by atoms with Crippen LogP contribution in [0.4, 0.5) is 0 Å². The molecule has 0 bridgehead atoms. The topological polar surface area (TPSA) is 26.3 Å². The molecular weight excluding hydrogens is 224 g/mol. The van der Waals surface area contributed by atoms with Gasteiger partial charge in [0.05, 0.1) is 6.10 Å². The van der Waals surface area contributed by atoms with Gasteiger partial charge in [-0.3, -0.25) is 4.79 Å². The lowest BCUT2D eigenvalue weighted by atomic mass is 9.79. The third-order valence-electron chi connectivity index (χ3n) is 4.22. The molecule has 1 atom stereocenters. The summed E-state index contributed by atoms with van der Waals surface area (Å²) in [5.41, 5.74) is 2.22. The molecular formula is C16H20O2. The fourth-order valence-corrected chi connectivity index (χ4v) is 2.84. The monoisotopic (exact) mass is 244 g/mol. The van der Waals surface area contributed by atoms with Crippen LogP contribution >= 0.6 is 0 Å². The zero-order valence-corrected chi connectivity index (χ0v) is 10.7. The van der Waals surface area contributed by atoms with Gasteiger partial charge in [-0.15, -0.1) is 0 Å². The third-order valence-corrected chi connectivity index (χ3v) is 4.22. The molecule has 18 heavy (non-hydrogen) atoms. The Morgan fingerprint density at radius 3 is 2.78 bits per heavy atom. The minimum Gasteiger partial charge on any atom is -0.378 e. The molecule has 1 heterocycles. The molecule has 0 amide bonds. The fraction of sp³-hybridized carbons (Fsp3) is 0.562. The molecule has 0 N–H and O–H groups in total. The fourth-order valence-electron chi connectivity index (χ4n) is 2.84. The van der Waals surface area contributed by atoms with Crippen LogP contribution < -0.4 is 0 Å². The van der Waals surface area contributed by atoms with E-state index < -0.39 is 0 Å². The number of carbonyl (C=O) groups excluding carboxylic acids is 1. The highest BCUT2D eigenvalue weighted by atomic mass is 16.5. The highest BCUT2D eigenvalue weighted by Crippen LogP contribution is 2.36. The summed E-state index contributed by atoms with van der Waals surface area (Å²) in [5.74, 6) is 0.934. The van der Waals surface area contributed by atoms with E-state index in [4.69, 9.17) is 4.74 Å². The first kappa shape index (κ1) is 11.9. The van der Waals surface area contributed by atoms with Gasteiger partial charge in [-0.2, -0.15) is 0 Å². The predicted octanol–water partition coefficient (Wildman–Crippen LogP) is 3.71. The van der Waals surface area contributed by atoms with Crippen molar-refractivity contribution in [3.8, 4) is 0 Å². The van der Waals surface area contributed by atoms with Crippen LogP contribution in [0.1, 0.15) is 60.4 Å². The zero-order valence-electron chi connectivity index (χ0n) is 10.7. The lowest BCUT2D eigenvalue weighted by Crippen LogP contribution is -2.14. The standard InChI is InChI=1S/C16H20O2/c17-16(11-15-8-3-9-18-15)14-7-2-6-13(10-14)12-4-1-5-12/h2,6-7,10,12,15H,1,3-5,8-9,11H2. The van der Waals surface area contributed by atoms with Crippen molar-refractivity contribution < 1.29 is 9.53 Å². The average Bonchev–Trinajstić information content (AvgIpc) is 2.80. The van der Waals surface area contributed by atoms with Crippen LogP contribution in [0.25, 0.3) is 0 Å². The number of ether oxygens (including phenoxy) is 1. The van der Waals surface area contributed by atoms with Crippen LogP contribution in [0.2, 0.25) is 0 Å². The number of rotatable bonds is 4. The van der Waals surface area contributed by atoms with E-state index in [1.807, 2.05) is 12.1 Å². The van der Waals surface area contributed by atoms with Crippen molar-refractivity contribution in [3.05, 3.63) is 35.4 Å². The molecule has 1 saturated heterocycles. The zero-order chi connectivity index (χ0) is 12.4. The number of ketones is 1. The molecule has 0 aromatic heterocycles.